The summed E-state index contributed by atoms with van der Waals surface area (Å²) in [5.41, 5.74) is 0.927. The molecule has 1 aliphatic rings. The molecule has 0 bridgehead atoms. The Morgan fingerprint density at radius 3 is 2.63 bits per heavy atom. The highest BCUT2D eigenvalue weighted by Gasteiger charge is 2.16. The zero-order chi connectivity index (χ0) is 18.9. The van der Waals surface area contributed by atoms with Crippen LogP contribution in [0, 0.1) is 5.92 Å². The van der Waals surface area contributed by atoms with E-state index in [-0.39, 0.29) is 12.3 Å². The lowest BCUT2D eigenvalue weighted by atomic mass is 9.90. The van der Waals surface area contributed by atoms with E-state index in [1.54, 1.807) is 6.20 Å². The number of amides is 1. The molecule has 3 rings (SSSR count). The molecule has 1 heterocycles. The Kier molecular flexibility index (Phi) is 7.08. The van der Waals surface area contributed by atoms with E-state index < -0.39 is 0 Å². The van der Waals surface area contributed by atoms with E-state index >= 15 is 0 Å². The second-order valence-corrected chi connectivity index (χ2v) is 6.97. The number of pyridine rings is 1. The molecular formula is C22H28N2O3. The quantitative estimate of drug-likeness (QED) is 0.738. The third-order valence-corrected chi connectivity index (χ3v) is 4.83. The van der Waals surface area contributed by atoms with Crippen LogP contribution in [0.3, 0.4) is 0 Å². The molecule has 2 aromatic rings. The topological polar surface area (TPSA) is 60.5 Å². The highest BCUT2D eigenvalue weighted by Crippen LogP contribution is 2.27. The van der Waals surface area contributed by atoms with E-state index in [0.717, 1.165) is 11.3 Å². The first kappa shape index (κ1) is 19.2. The van der Waals surface area contributed by atoms with Crippen LogP contribution in [0.5, 0.6) is 11.5 Å². The van der Waals surface area contributed by atoms with Crippen molar-refractivity contribution in [3.8, 4) is 11.5 Å². The molecule has 5 nitrogen and oxygen atoms in total. The zero-order valence-corrected chi connectivity index (χ0v) is 15.9. The van der Waals surface area contributed by atoms with Crippen molar-refractivity contribution in [3.63, 3.8) is 0 Å². The molecule has 1 amide bonds. The van der Waals surface area contributed by atoms with Crippen LogP contribution in [-0.2, 0) is 11.2 Å². The number of aromatic nitrogens is 1. The van der Waals surface area contributed by atoms with Gasteiger partial charge in [-0.25, -0.2) is 4.98 Å². The van der Waals surface area contributed by atoms with Gasteiger partial charge >= 0.3 is 0 Å². The maximum absolute atomic E-state index is 12.4. The van der Waals surface area contributed by atoms with Gasteiger partial charge in [-0.1, -0.05) is 31.4 Å². The molecule has 1 aromatic heterocycles. The van der Waals surface area contributed by atoms with Crippen LogP contribution in [0.2, 0.25) is 0 Å². The number of carbonyl (C=O) groups excluding carboxylic acids is 1. The van der Waals surface area contributed by atoms with Crippen molar-refractivity contribution in [2.75, 3.05) is 18.5 Å². The van der Waals surface area contributed by atoms with E-state index in [1.165, 1.54) is 32.1 Å². The van der Waals surface area contributed by atoms with Gasteiger partial charge in [0.15, 0.2) is 11.6 Å². The molecule has 0 unspecified atom stereocenters. The summed E-state index contributed by atoms with van der Waals surface area (Å²) in [5, 5.41) is 2.88. The summed E-state index contributed by atoms with van der Waals surface area (Å²) in [7, 11) is 0. The molecule has 0 spiro atoms. The normalized spacial score (nSPS) is 14.6. The second-order valence-electron chi connectivity index (χ2n) is 6.97. The fourth-order valence-electron chi connectivity index (χ4n) is 3.39. The molecule has 1 saturated carbocycles. The first-order valence-electron chi connectivity index (χ1n) is 9.84. The van der Waals surface area contributed by atoms with Gasteiger partial charge in [0.1, 0.15) is 5.75 Å². The standard InChI is InChI=1S/C22H28N2O3/c1-2-26-19-12-10-17(11-13-19)15-21(25)24-22-20(9-6-14-23-22)27-16-18-7-4-3-5-8-18/h6,9-14,18H,2-5,7-8,15-16H2,1H3,(H,23,24,25). The van der Waals surface area contributed by atoms with Crippen LogP contribution in [0.25, 0.3) is 0 Å². The Hall–Kier alpha value is -2.56. The lowest BCUT2D eigenvalue weighted by Gasteiger charge is -2.22. The van der Waals surface area contributed by atoms with Gasteiger partial charge in [0.05, 0.1) is 19.6 Å². The molecule has 144 valence electrons. The lowest BCUT2D eigenvalue weighted by Crippen LogP contribution is -2.18. The van der Waals surface area contributed by atoms with Crippen molar-refractivity contribution < 1.29 is 14.3 Å². The Morgan fingerprint density at radius 2 is 1.89 bits per heavy atom. The van der Waals surface area contributed by atoms with E-state index in [4.69, 9.17) is 9.47 Å². The number of ether oxygens (including phenoxy) is 2. The molecule has 0 atom stereocenters. The summed E-state index contributed by atoms with van der Waals surface area (Å²) < 4.78 is 11.4. The maximum atomic E-state index is 12.4. The number of nitrogens with one attached hydrogen (secondary N) is 1. The van der Waals surface area contributed by atoms with E-state index in [2.05, 4.69) is 10.3 Å². The molecular weight excluding hydrogens is 340 g/mol. The summed E-state index contributed by atoms with van der Waals surface area (Å²) in [6, 6.07) is 11.3. The fourth-order valence-corrected chi connectivity index (χ4v) is 3.39. The maximum Gasteiger partial charge on any atom is 0.230 e. The predicted octanol–water partition coefficient (Wildman–Crippen LogP) is 4.62. The molecule has 27 heavy (non-hydrogen) atoms. The summed E-state index contributed by atoms with van der Waals surface area (Å²) in [4.78, 5) is 16.7. The summed E-state index contributed by atoms with van der Waals surface area (Å²) >= 11 is 0. The minimum Gasteiger partial charge on any atom is -0.494 e. The Morgan fingerprint density at radius 1 is 1.11 bits per heavy atom. The number of benzene rings is 1. The molecule has 1 aliphatic carbocycles. The second kappa shape index (κ2) is 9.95. The lowest BCUT2D eigenvalue weighted by molar-refractivity contribution is -0.115. The summed E-state index contributed by atoms with van der Waals surface area (Å²) in [6.07, 6.45) is 8.29. The van der Waals surface area contributed by atoms with Crippen molar-refractivity contribution in [2.24, 2.45) is 5.92 Å². The summed E-state index contributed by atoms with van der Waals surface area (Å²) in [5.74, 6) is 2.43. The number of carbonyl (C=O) groups is 1. The Labute approximate surface area is 161 Å². The molecule has 1 N–H and O–H groups in total. The Bertz CT molecular complexity index is 725. The molecule has 1 aromatic carbocycles. The van der Waals surface area contributed by atoms with Crippen LogP contribution in [-0.4, -0.2) is 24.1 Å². The first-order chi connectivity index (χ1) is 13.2. The summed E-state index contributed by atoms with van der Waals surface area (Å²) in [6.45, 7) is 3.26. The number of rotatable bonds is 8. The number of hydrogen-bond donors (Lipinski definition) is 1. The van der Waals surface area contributed by atoms with E-state index in [0.29, 0.717) is 30.7 Å². The van der Waals surface area contributed by atoms with Gasteiger partial charge in [0.2, 0.25) is 5.91 Å². The number of anilines is 1. The first-order valence-corrected chi connectivity index (χ1v) is 9.84. The van der Waals surface area contributed by atoms with Crippen LogP contribution >= 0.6 is 0 Å². The molecule has 5 heteroatoms. The average Bonchev–Trinajstić information content (AvgIpc) is 2.70. The van der Waals surface area contributed by atoms with Gasteiger partial charge in [-0.15, -0.1) is 0 Å². The Balaban J connectivity index is 1.55. The van der Waals surface area contributed by atoms with Crippen LogP contribution in [0.4, 0.5) is 5.82 Å². The van der Waals surface area contributed by atoms with Gasteiger partial charge < -0.3 is 14.8 Å². The van der Waals surface area contributed by atoms with Crippen molar-refractivity contribution >= 4 is 11.7 Å². The SMILES string of the molecule is CCOc1ccc(CC(=O)Nc2ncccc2OCC2CCCCC2)cc1. The molecule has 0 aliphatic heterocycles. The molecule has 1 fully saturated rings. The van der Waals surface area contributed by atoms with Crippen LogP contribution in [0.15, 0.2) is 42.6 Å². The van der Waals surface area contributed by atoms with Gasteiger partial charge in [-0.3, -0.25) is 4.79 Å². The highest BCUT2D eigenvalue weighted by molar-refractivity contribution is 5.92. The average molecular weight is 368 g/mol. The smallest absolute Gasteiger partial charge is 0.230 e. The monoisotopic (exact) mass is 368 g/mol. The van der Waals surface area contributed by atoms with Gasteiger partial charge in [-0.05, 0) is 55.5 Å². The predicted molar refractivity (Wildman–Crippen MR) is 106 cm³/mol. The van der Waals surface area contributed by atoms with Gasteiger partial charge in [0, 0.05) is 6.20 Å². The minimum absolute atomic E-state index is 0.111. The van der Waals surface area contributed by atoms with Crippen LogP contribution < -0.4 is 14.8 Å². The van der Waals surface area contributed by atoms with Crippen molar-refractivity contribution in [2.45, 2.75) is 45.4 Å². The largest absolute Gasteiger partial charge is 0.494 e. The van der Waals surface area contributed by atoms with Crippen LogP contribution in [0.1, 0.15) is 44.6 Å². The van der Waals surface area contributed by atoms with Gasteiger partial charge in [-0.2, -0.15) is 0 Å². The van der Waals surface area contributed by atoms with Crippen molar-refractivity contribution in [3.05, 3.63) is 48.2 Å². The number of nitrogens with zero attached hydrogens (tertiary/aromatic N) is 1. The zero-order valence-electron chi connectivity index (χ0n) is 15.9. The highest BCUT2D eigenvalue weighted by atomic mass is 16.5. The van der Waals surface area contributed by atoms with E-state index in [1.807, 2.05) is 43.3 Å². The number of hydrogen-bond acceptors (Lipinski definition) is 4. The fraction of sp³-hybridized carbons (Fsp3) is 0.455. The third kappa shape index (κ3) is 5.98. The van der Waals surface area contributed by atoms with Crippen molar-refractivity contribution in [1.82, 2.24) is 4.98 Å². The van der Waals surface area contributed by atoms with Crippen molar-refractivity contribution in [1.29, 1.82) is 0 Å². The third-order valence-electron chi connectivity index (χ3n) is 4.83. The minimum atomic E-state index is -0.111. The molecule has 0 saturated heterocycles. The van der Waals surface area contributed by atoms with E-state index in [9.17, 15) is 4.79 Å². The molecule has 0 radical (unpaired) electrons. The van der Waals surface area contributed by atoms with Gasteiger partial charge in [0.25, 0.3) is 0 Å².